The third kappa shape index (κ3) is 7.75. The van der Waals surface area contributed by atoms with Gasteiger partial charge in [0, 0.05) is 20.9 Å². The molecule has 1 heterocycles. The Balaban J connectivity index is 1.84. The molecule has 0 saturated carbocycles. The van der Waals surface area contributed by atoms with Crippen molar-refractivity contribution in [1.29, 1.82) is 0 Å². The molecule has 216 valence electrons. The number of nitrogens with zero attached hydrogens (tertiary/aromatic N) is 2. The maximum absolute atomic E-state index is 13.8. The van der Waals surface area contributed by atoms with Crippen LogP contribution in [-0.4, -0.2) is 52.3 Å². The summed E-state index contributed by atoms with van der Waals surface area (Å²) >= 11 is 15.7. The first-order valence-corrected chi connectivity index (χ1v) is 14.0. The van der Waals surface area contributed by atoms with Crippen LogP contribution < -0.4 is 10.2 Å². The number of benzene rings is 2. The number of carbonyl (C=O) groups is 4. The summed E-state index contributed by atoms with van der Waals surface area (Å²) in [5.74, 6) is -1.22. The molecule has 12 heteroatoms. The summed E-state index contributed by atoms with van der Waals surface area (Å²) in [6, 6.07) is 10.8. The van der Waals surface area contributed by atoms with Crippen molar-refractivity contribution < 1.29 is 28.7 Å². The highest BCUT2D eigenvalue weighted by Gasteiger charge is 2.57. The number of rotatable bonds is 8. The molecule has 1 fully saturated rings. The number of amides is 5. The van der Waals surface area contributed by atoms with Crippen molar-refractivity contribution in [3.05, 3.63) is 62.5 Å². The zero-order chi connectivity index (χ0) is 30.0. The van der Waals surface area contributed by atoms with Crippen LogP contribution in [0.4, 0.5) is 15.3 Å². The number of urea groups is 1. The molecule has 0 aliphatic carbocycles. The van der Waals surface area contributed by atoms with E-state index in [4.69, 9.17) is 32.7 Å². The van der Waals surface area contributed by atoms with Crippen molar-refractivity contribution in [3.8, 4) is 0 Å². The molecule has 1 saturated heterocycles. The van der Waals surface area contributed by atoms with Crippen molar-refractivity contribution in [2.24, 2.45) is 0 Å². The molecule has 5 amide bonds. The Labute approximate surface area is 252 Å². The lowest BCUT2D eigenvalue weighted by Crippen LogP contribution is -2.52. The third-order valence-corrected chi connectivity index (χ3v) is 6.90. The second-order valence-corrected chi connectivity index (χ2v) is 12.9. The standard InChI is InChI=1S/C28H32BrCl2N3O6/c1-26(2,3)40-24(37)32-27(4,5)39-12-11-22(35)34-25(38)33(21-14-19(30)13-20(31)15-21)23(36)28(34,6)16-17-7-9-18(29)10-8-17/h7-10,13-15H,11-12,16H2,1-6H3,(H,32,37)/t28-/m1/s1. The zero-order valence-electron chi connectivity index (χ0n) is 23.1. The van der Waals surface area contributed by atoms with E-state index in [-0.39, 0.29) is 35.2 Å². The van der Waals surface area contributed by atoms with Crippen LogP contribution in [0.3, 0.4) is 0 Å². The van der Waals surface area contributed by atoms with Gasteiger partial charge in [-0.15, -0.1) is 0 Å². The van der Waals surface area contributed by atoms with E-state index >= 15 is 0 Å². The summed E-state index contributed by atoms with van der Waals surface area (Å²) in [4.78, 5) is 55.1. The fourth-order valence-electron chi connectivity index (χ4n) is 4.26. The second kappa shape index (κ2) is 12.1. The first-order valence-electron chi connectivity index (χ1n) is 12.5. The predicted octanol–water partition coefficient (Wildman–Crippen LogP) is 6.72. The molecule has 0 radical (unpaired) electrons. The van der Waals surface area contributed by atoms with Gasteiger partial charge in [0.2, 0.25) is 5.91 Å². The van der Waals surface area contributed by atoms with E-state index in [1.54, 1.807) is 41.5 Å². The van der Waals surface area contributed by atoms with Crippen molar-refractivity contribution >= 4 is 68.8 Å². The lowest BCUT2D eigenvalue weighted by Gasteiger charge is -2.31. The van der Waals surface area contributed by atoms with Crippen LogP contribution in [-0.2, 0) is 25.5 Å². The molecule has 1 N–H and O–H groups in total. The number of alkyl carbamates (subject to hydrolysis) is 1. The SMILES string of the molecule is CC(C)(C)OC(=O)NC(C)(C)OCCC(=O)N1C(=O)N(c2cc(Cl)cc(Cl)c2)C(=O)[C@@]1(C)Cc1ccc(Br)cc1. The number of carbonyl (C=O) groups excluding carboxylic acids is 4. The van der Waals surface area contributed by atoms with E-state index in [1.807, 2.05) is 24.3 Å². The van der Waals surface area contributed by atoms with Crippen molar-refractivity contribution in [2.45, 2.75) is 71.2 Å². The van der Waals surface area contributed by atoms with E-state index < -0.39 is 40.8 Å². The van der Waals surface area contributed by atoms with Gasteiger partial charge in [-0.25, -0.2) is 19.4 Å². The number of nitrogens with one attached hydrogen (secondary N) is 1. The van der Waals surface area contributed by atoms with Gasteiger partial charge in [0.15, 0.2) is 0 Å². The normalized spacial score (nSPS) is 17.8. The van der Waals surface area contributed by atoms with Gasteiger partial charge in [-0.1, -0.05) is 51.3 Å². The van der Waals surface area contributed by atoms with Crippen LogP contribution in [0.25, 0.3) is 0 Å². The maximum atomic E-state index is 13.8. The molecule has 1 atom stereocenters. The Morgan fingerprint density at radius 3 is 2.12 bits per heavy atom. The molecule has 0 unspecified atom stereocenters. The highest BCUT2D eigenvalue weighted by atomic mass is 79.9. The van der Waals surface area contributed by atoms with Gasteiger partial charge in [0.25, 0.3) is 5.91 Å². The number of hydrogen-bond donors (Lipinski definition) is 1. The number of imide groups is 2. The quantitative estimate of drug-likeness (QED) is 0.250. The highest BCUT2D eigenvalue weighted by Crippen LogP contribution is 2.37. The lowest BCUT2D eigenvalue weighted by atomic mass is 9.91. The van der Waals surface area contributed by atoms with Crippen LogP contribution >= 0.6 is 39.1 Å². The number of hydrogen-bond acceptors (Lipinski definition) is 6. The monoisotopic (exact) mass is 655 g/mol. The van der Waals surface area contributed by atoms with Gasteiger partial charge in [0.05, 0.1) is 18.7 Å². The fraction of sp³-hybridized carbons (Fsp3) is 0.429. The lowest BCUT2D eigenvalue weighted by molar-refractivity contribution is -0.139. The number of ether oxygens (including phenoxy) is 2. The fourth-order valence-corrected chi connectivity index (χ4v) is 5.04. The van der Waals surface area contributed by atoms with E-state index in [0.29, 0.717) is 0 Å². The van der Waals surface area contributed by atoms with E-state index in [0.717, 1.165) is 19.8 Å². The van der Waals surface area contributed by atoms with Gasteiger partial charge in [0.1, 0.15) is 16.9 Å². The minimum absolute atomic E-state index is 0.0773. The van der Waals surface area contributed by atoms with E-state index in [1.165, 1.54) is 18.2 Å². The number of halogens is 3. The van der Waals surface area contributed by atoms with E-state index in [9.17, 15) is 19.2 Å². The Morgan fingerprint density at radius 1 is 1.00 bits per heavy atom. The molecule has 3 rings (SSSR count). The summed E-state index contributed by atoms with van der Waals surface area (Å²) in [6.07, 6.45) is -0.839. The molecule has 0 aromatic heterocycles. The summed E-state index contributed by atoms with van der Waals surface area (Å²) in [5, 5.41) is 3.06. The zero-order valence-corrected chi connectivity index (χ0v) is 26.2. The molecule has 2 aromatic rings. The van der Waals surface area contributed by atoms with Gasteiger partial charge >= 0.3 is 12.1 Å². The molecular formula is C28H32BrCl2N3O6. The first kappa shape index (κ1) is 31.9. The molecule has 9 nitrogen and oxygen atoms in total. The summed E-state index contributed by atoms with van der Waals surface area (Å²) < 4.78 is 11.8. The van der Waals surface area contributed by atoms with E-state index in [2.05, 4.69) is 21.2 Å². The Morgan fingerprint density at radius 2 is 1.57 bits per heavy atom. The third-order valence-electron chi connectivity index (χ3n) is 5.94. The molecule has 0 spiro atoms. The molecule has 1 aliphatic heterocycles. The molecular weight excluding hydrogens is 625 g/mol. The van der Waals surface area contributed by atoms with Crippen LogP contribution in [0.2, 0.25) is 10.0 Å². The minimum atomic E-state index is -1.54. The molecule has 0 bridgehead atoms. The highest BCUT2D eigenvalue weighted by molar-refractivity contribution is 9.10. The Kier molecular flexibility index (Phi) is 9.61. The summed E-state index contributed by atoms with van der Waals surface area (Å²) in [7, 11) is 0. The Hall–Kier alpha value is -2.66. The minimum Gasteiger partial charge on any atom is -0.444 e. The van der Waals surface area contributed by atoms with Crippen LogP contribution in [0.1, 0.15) is 53.5 Å². The van der Waals surface area contributed by atoms with Gasteiger partial charge in [-0.2, -0.15) is 0 Å². The topological polar surface area (TPSA) is 105 Å². The molecule has 40 heavy (non-hydrogen) atoms. The van der Waals surface area contributed by atoms with Crippen LogP contribution in [0, 0.1) is 0 Å². The average molecular weight is 657 g/mol. The summed E-state index contributed by atoms with van der Waals surface area (Å²) in [6.45, 7) is 9.83. The van der Waals surface area contributed by atoms with Gasteiger partial charge in [-0.3, -0.25) is 14.9 Å². The van der Waals surface area contributed by atoms with Gasteiger partial charge < -0.3 is 9.47 Å². The largest absolute Gasteiger partial charge is 0.444 e. The van der Waals surface area contributed by atoms with Crippen molar-refractivity contribution in [1.82, 2.24) is 10.2 Å². The van der Waals surface area contributed by atoms with Gasteiger partial charge in [-0.05, 0) is 77.4 Å². The first-order chi connectivity index (χ1) is 18.4. The predicted molar refractivity (Wildman–Crippen MR) is 156 cm³/mol. The van der Waals surface area contributed by atoms with Crippen LogP contribution in [0.15, 0.2) is 46.9 Å². The summed E-state index contributed by atoms with van der Waals surface area (Å²) in [5.41, 5.74) is -2.51. The van der Waals surface area contributed by atoms with Crippen LogP contribution in [0.5, 0.6) is 0 Å². The average Bonchev–Trinajstić information content (AvgIpc) is 2.97. The maximum Gasteiger partial charge on any atom is 0.409 e. The van der Waals surface area contributed by atoms with Crippen molar-refractivity contribution in [3.63, 3.8) is 0 Å². The smallest absolute Gasteiger partial charge is 0.409 e. The molecule has 1 aliphatic rings. The Bertz CT molecular complexity index is 1290. The molecule has 2 aromatic carbocycles. The number of anilines is 1. The second-order valence-electron chi connectivity index (χ2n) is 11.1. The van der Waals surface area contributed by atoms with Crippen molar-refractivity contribution in [2.75, 3.05) is 11.5 Å².